The van der Waals surface area contributed by atoms with Crippen molar-refractivity contribution in [2.24, 2.45) is 5.73 Å². The van der Waals surface area contributed by atoms with E-state index in [1.807, 2.05) is 7.05 Å². The Bertz CT molecular complexity index is 371. The first-order valence-corrected chi connectivity index (χ1v) is 5.55. The fourth-order valence-electron chi connectivity index (χ4n) is 1.59. The highest BCUT2D eigenvalue weighted by Gasteiger charge is 2.29. The predicted molar refractivity (Wildman–Crippen MR) is 58.6 cm³/mol. The smallest absolute Gasteiger partial charge is 0.244 e. The lowest BCUT2D eigenvalue weighted by Crippen LogP contribution is -2.32. The fraction of sp³-hybridized carbons (Fsp3) is 0.700. The molecule has 0 radical (unpaired) electrons. The van der Waals surface area contributed by atoms with Crippen LogP contribution in [0.5, 0.6) is 0 Å². The lowest BCUT2D eigenvalue weighted by molar-refractivity contribution is -0.131. The summed E-state index contributed by atoms with van der Waals surface area (Å²) in [7, 11) is 1.84. The Morgan fingerprint density at radius 2 is 2.44 bits per heavy atom. The minimum Gasteiger partial charge on any atom is -0.341 e. The minimum atomic E-state index is 0.0895. The zero-order valence-electron chi connectivity index (χ0n) is 9.46. The quantitative estimate of drug-likeness (QED) is 0.723. The van der Waals surface area contributed by atoms with Gasteiger partial charge in [0.25, 0.3) is 0 Å². The predicted octanol–water partition coefficient (Wildman–Crippen LogP) is -0.600. The maximum atomic E-state index is 11.8. The summed E-state index contributed by atoms with van der Waals surface area (Å²) in [5, 5.41) is 7.84. The van der Waals surface area contributed by atoms with Gasteiger partial charge in [-0.05, 0) is 19.4 Å². The molecule has 1 aromatic rings. The van der Waals surface area contributed by atoms with Crippen LogP contribution in [0.3, 0.4) is 0 Å². The fourth-order valence-corrected chi connectivity index (χ4v) is 1.59. The van der Waals surface area contributed by atoms with Gasteiger partial charge in [0.15, 0.2) is 0 Å². The van der Waals surface area contributed by atoms with Crippen LogP contribution in [-0.2, 0) is 17.8 Å². The van der Waals surface area contributed by atoms with Crippen LogP contribution >= 0.6 is 0 Å². The van der Waals surface area contributed by atoms with Crippen LogP contribution in [0.2, 0.25) is 0 Å². The number of likely N-dealkylation sites (N-methyl/N-ethyl adjacent to an activating group) is 1. The maximum absolute atomic E-state index is 11.8. The van der Waals surface area contributed by atoms with Gasteiger partial charge in [0, 0.05) is 25.7 Å². The number of nitrogens with two attached hydrogens (primary N) is 1. The molecule has 0 aliphatic heterocycles. The van der Waals surface area contributed by atoms with Crippen molar-refractivity contribution >= 4 is 5.91 Å². The summed E-state index contributed by atoms with van der Waals surface area (Å²) < 4.78 is 1.58. The van der Waals surface area contributed by atoms with E-state index in [4.69, 9.17) is 5.73 Å². The molecule has 1 fully saturated rings. The van der Waals surface area contributed by atoms with Crippen molar-refractivity contribution in [1.82, 2.24) is 19.9 Å². The molecule has 2 N–H and O–H groups in total. The molecule has 0 bridgehead atoms. The van der Waals surface area contributed by atoms with Crippen molar-refractivity contribution in [3.8, 4) is 0 Å². The van der Waals surface area contributed by atoms with Crippen molar-refractivity contribution in [2.45, 2.75) is 31.8 Å². The van der Waals surface area contributed by atoms with Crippen molar-refractivity contribution in [3.05, 3.63) is 11.9 Å². The van der Waals surface area contributed by atoms with E-state index in [0.717, 1.165) is 18.5 Å². The van der Waals surface area contributed by atoms with Crippen molar-refractivity contribution in [3.63, 3.8) is 0 Å². The molecular weight excluding hydrogens is 206 g/mol. The highest BCUT2D eigenvalue weighted by atomic mass is 16.2. The van der Waals surface area contributed by atoms with Crippen LogP contribution in [0.1, 0.15) is 18.5 Å². The van der Waals surface area contributed by atoms with E-state index in [1.165, 1.54) is 0 Å². The van der Waals surface area contributed by atoms with Gasteiger partial charge in [-0.1, -0.05) is 5.21 Å². The number of amides is 1. The molecule has 1 aliphatic rings. The molecular formula is C10H17N5O. The molecule has 16 heavy (non-hydrogen) atoms. The van der Waals surface area contributed by atoms with Crippen LogP contribution in [0.25, 0.3) is 0 Å². The van der Waals surface area contributed by atoms with Crippen molar-refractivity contribution in [2.75, 3.05) is 13.6 Å². The van der Waals surface area contributed by atoms with Gasteiger partial charge in [-0.25, -0.2) is 4.68 Å². The summed E-state index contributed by atoms with van der Waals surface area (Å²) in [5.74, 6) is 0.0895. The molecule has 1 amide bonds. The monoisotopic (exact) mass is 223 g/mol. The molecule has 1 saturated carbocycles. The molecule has 0 aromatic carbocycles. The molecule has 6 nitrogen and oxygen atoms in total. The van der Waals surface area contributed by atoms with Crippen LogP contribution in [0.4, 0.5) is 0 Å². The van der Waals surface area contributed by atoms with Crippen LogP contribution < -0.4 is 5.73 Å². The molecule has 0 atom stereocenters. The van der Waals surface area contributed by atoms with Gasteiger partial charge in [0.05, 0.1) is 5.69 Å². The van der Waals surface area contributed by atoms with Gasteiger partial charge in [0.2, 0.25) is 5.91 Å². The molecule has 0 spiro atoms. The van der Waals surface area contributed by atoms with Crippen LogP contribution in [0.15, 0.2) is 6.20 Å². The first-order valence-electron chi connectivity index (χ1n) is 5.55. The third kappa shape index (κ3) is 2.57. The van der Waals surface area contributed by atoms with E-state index in [0.29, 0.717) is 19.0 Å². The van der Waals surface area contributed by atoms with Gasteiger partial charge in [-0.15, -0.1) is 5.10 Å². The Hall–Kier alpha value is -1.43. The largest absolute Gasteiger partial charge is 0.341 e. The van der Waals surface area contributed by atoms with E-state index >= 15 is 0 Å². The van der Waals surface area contributed by atoms with Crippen molar-refractivity contribution < 1.29 is 4.79 Å². The van der Waals surface area contributed by atoms with E-state index in [-0.39, 0.29) is 12.5 Å². The summed E-state index contributed by atoms with van der Waals surface area (Å²) >= 11 is 0. The Labute approximate surface area is 94.4 Å². The molecule has 0 unspecified atom stereocenters. The Morgan fingerprint density at radius 3 is 3.06 bits per heavy atom. The van der Waals surface area contributed by atoms with Gasteiger partial charge in [0.1, 0.15) is 6.54 Å². The average Bonchev–Trinajstić information content (AvgIpc) is 3.02. The second-order valence-electron chi connectivity index (χ2n) is 4.18. The van der Waals surface area contributed by atoms with Gasteiger partial charge in [-0.2, -0.15) is 0 Å². The number of rotatable bonds is 5. The number of hydrogen-bond acceptors (Lipinski definition) is 4. The third-order valence-electron chi connectivity index (χ3n) is 2.77. The second kappa shape index (κ2) is 4.61. The van der Waals surface area contributed by atoms with E-state index < -0.39 is 0 Å². The number of nitrogens with zero attached hydrogens (tertiary/aromatic N) is 4. The van der Waals surface area contributed by atoms with Crippen LogP contribution in [0, 0.1) is 0 Å². The standard InChI is InChI=1S/C10H17N5O/c1-14(9-2-3-9)10(16)7-15-6-8(4-5-11)12-13-15/h6,9H,2-5,7,11H2,1H3. The summed E-state index contributed by atoms with van der Waals surface area (Å²) in [5.41, 5.74) is 6.25. The second-order valence-corrected chi connectivity index (χ2v) is 4.18. The van der Waals surface area contributed by atoms with E-state index in [2.05, 4.69) is 10.3 Å². The van der Waals surface area contributed by atoms with E-state index in [1.54, 1.807) is 15.8 Å². The lowest BCUT2D eigenvalue weighted by Gasteiger charge is -2.15. The minimum absolute atomic E-state index is 0.0895. The number of carbonyl (C=O) groups excluding carboxylic acids is 1. The highest BCUT2D eigenvalue weighted by Crippen LogP contribution is 2.25. The van der Waals surface area contributed by atoms with Gasteiger partial charge < -0.3 is 10.6 Å². The number of hydrogen-bond donors (Lipinski definition) is 1. The molecule has 6 heteroatoms. The Kier molecular flexibility index (Phi) is 3.19. The Morgan fingerprint density at radius 1 is 1.69 bits per heavy atom. The number of carbonyl (C=O) groups is 1. The summed E-state index contributed by atoms with van der Waals surface area (Å²) in [6, 6.07) is 0.444. The highest BCUT2D eigenvalue weighted by molar-refractivity contribution is 5.76. The zero-order chi connectivity index (χ0) is 11.5. The molecule has 1 heterocycles. The van der Waals surface area contributed by atoms with Gasteiger partial charge >= 0.3 is 0 Å². The Balaban J connectivity index is 1.89. The molecule has 1 aliphatic carbocycles. The average molecular weight is 223 g/mol. The zero-order valence-corrected chi connectivity index (χ0v) is 9.46. The lowest BCUT2D eigenvalue weighted by atomic mass is 10.3. The van der Waals surface area contributed by atoms with Gasteiger partial charge in [-0.3, -0.25) is 4.79 Å². The SMILES string of the molecule is CN(C(=O)Cn1cc(CCN)nn1)C1CC1. The topological polar surface area (TPSA) is 77.0 Å². The third-order valence-corrected chi connectivity index (χ3v) is 2.77. The number of aromatic nitrogens is 3. The summed E-state index contributed by atoms with van der Waals surface area (Å²) in [6.07, 6.45) is 4.73. The first kappa shape index (κ1) is 11.1. The molecule has 0 saturated heterocycles. The summed E-state index contributed by atoms with van der Waals surface area (Å²) in [4.78, 5) is 13.6. The first-order chi connectivity index (χ1) is 7.70. The maximum Gasteiger partial charge on any atom is 0.244 e. The molecule has 1 aromatic heterocycles. The normalized spacial score (nSPS) is 15.1. The summed E-state index contributed by atoms with van der Waals surface area (Å²) in [6.45, 7) is 0.819. The molecule has 2 rings (SSSR count). The van der Waals surface area contributed by atoms with Crippen LogP contribution in [-0.4, -0.2) is 45.4 Å². The van der Waals surface area contributed by atoms with Crippen molar-refractivity contribution in [1.29, 1.82) is 0 Å². The molecule has 88 valence electrons. The van der Waals surface area contributed by atoms with E-state index in [9.17, 15) is 4.79 Å².